The summed E-state index contributed by atoms with van der Waals surface area (Å²) in [4.78, 5) is 13.1. The van der Waals surface area contributed by atoms with Gasteiger partial charge in [-0.05, 0) is 51.1 Å². The van der Waals surface area contributed by atoms with Crippen LogP contribution in [-0.2, 0) is 6.54 Å². The molecule has 0 radical (unpaired) electrons. The van der Waals surface area contributed by atoms with E-state index in [-0.39, 0.29) is 0 Å². The minimum absolute atomic E-state index is 0.701. The van der Waals surface area contributed by atoms with Crippen LogP contribution in [0.5, 0.6) is 0 Å². The first-order chi connectivity index (χ1) is 10.1. The predicted octanol–water partition coefficient (Wildman–Crippen LogP) is 2.66. The number of imidazole rings is 1. The number of aromatic amines is 1. The summed E-state index contributed by atoms with van der Waals surface area (Å²) in [5.74, 6) is 1.72. The Hall–Kier alpha value is -0.870. The normalized spacial score (nSPS) is 25.4. The number of rotatable bonds is 5. The first-order valence-electron chi connectivity index (χ1n) is 8.58. The van der Waals surface area contributed by atoms with Crippen LogP contribution in [0.25, 0.3) is 0 Å². The minimum atomic E-state index is 0.701. The molecule has 1 atom stereocenters. The molecule has 21 heavy (non-hydrogen) atoms. The first-order valence-corrected chi connectivity index (χ1v) is 8.58. The lowest BCUT2D eigenvalue weighted by Crippen LogP contribution is -2.45. The fourth-order valence-corrected chi connectivity index (χ4v) is 3.53. The zero-order valence-corrected chi connectivity index (χ0v) is 13.8. The van der Waals surface area contributed by atoms with Crippen LogP contribution in [0.15, 0.2) is 6.33 Å². The Bertz CT molecular complexity index is 449. The molecule has 3 rings (SSSR count). The summed E-state index contributed by atoms with van der Waals surface area (Å²) in [5.41, 5.74) is 2.43. The summed E-state index contributed by atoms with van der Waals surface area (Å²) in [5, 5.41) is 0. The molecule has 4 heteroatoms. The maximum atomic E-state index is 4.48. The molecule has 0 amide bonds. The molecule has 0 unspecified atom stereocenters. The number of nitrogens with zero attached hydrogens (tertiary/aromatic N) is 3. The Kier molecular flexibility index (Phi) is 4.65. The van der Waals surface area contributed by atoms with Crippen molar-refractivity contribution in [3.05, 3.63) is 17.7 Å². The van der Waals surface area contributed by atoms with Gasteiger partial charge >= 0.3 is 0 Å². The second-order valence-corrected chi connectivity index (χ2v) is 7.31. The van der Waals surface area contributed by atoms with Crippen molar-refractivity contribution in [2.45, 2.75) is 52.6 Å². The molecule has 1 aromatic rings. The van der Waals surface area contributed by atoms with Crippen molar-refractivity contribution in [3.63, 3.8) is 0 Å². The van der Waals surface area contributed by atoms with Gasteiger partial charge in [0.25, 0.3) is 0 Å². The quantitative estimate of drug-likeness (QED) is 0.905. The Morgan fingerprint density at radius 2 is 2.14 bits per heavy atom. The van der Waals surface area contributed by atoms with Gasteiger partial charge in [0.1, 0.15) is 0 Å². The van der Waals surface area contributed by atoms with Crippen LogP contribution in [0.1, 0.15) is 44.5 Å². The first kappa shape index (κ1) is 15.0. The molecule has 2 fully saturated rings. The Morgan fingerprint density at radius 1 is 1.33 bits per heavy atom. The maximum Gasteiger partial charge on any atom is 0.0925 e. The molecule has 0 spiro atoms. The van der Waals surface area contributed by atoms with Crippen molar-refractivity contribution in [3.8, 4) is 0 Å². The van der Waals surface area contributed by atoms with E-state index in [1.807, 2.05) is 6.33 Å². The number of H-pyrrole nitrogens is 1. The van der Waals surface area contributed by atoms with Gasteiger partial charge in [-0.1, -0.05) is 13.8 Å². The number of nitrogens with one attached hydrogen (secondary N) is 1. The van der Waals surface area contributed by atoms with Gasteiger partial charge in [-0.25, -0.2) is 4.98 Å². The smallest absolute Gasteiger partial charge is 0.0925 e. The molecule has 1 aliphatic heterocycles. The molecule has 2 heterocycles. The summed E-state index contributed by atoms with van der Waals surface area (Å²) in [7, 11) is 0. The largest absolute Gasteiger partial charge is 0.348 e. The minimum Gasteiger partial charge on any atom is -0.348 e. The summed E-state index contributed by atoms with van der Waals surface area (Å²) in [6, 6.07) is 0.701. The van der Waals surface area contributed by atoms with E-state index in [0.29, 0.717) is 6.04 Å². The Balaban J connectivity index is 1.65. The summed E-state index contributed by atoms with van der Waals surface area (Å²) in [6.45, 7) is 12.9. The lowest BCUT2D eigenvalue weighted by molar-refractivity contribution is 0.131. The van der Waals surface area contributed by atoms with Crippen molar-refractivity contribution in [2.75, 3.05) is 26.2 Å². The van der Waals surface area contributed by atoms with Crippen molar-refractivity contribution in [1.29, 1.82) is 0 Å². The monoisotopic (exact) mass is 290 g/mol. The highest BCUT2D eigenvalue weighted by atomic mass is 15.3. The fourth-order valence-electron chi connectivity index (χ4n) is 3.53. The summed E-state index contributed by atoms with van der Waals surface area (Å²) in [6.07, 6.45) is 6.02. The van der Waals surface area contributed by atoms with Gasteiger partial charge in [0.2, 0.25) is 0 Å². The third kappa shape index (κ3) is 3.86. The van der Waals surface area contributed by atoms with Gasteiger partial charge in [-0.3, -0.25) is 9.80 Å². The average Bonchev–Trinajstić information content (AvgIpc) is 3.20. The second-order valence-electron chi connectivity index (χ2n) is 7.31. The number of aromatic nitrogens is 2. The SMILES string of the molecule is Cc1[nH]cnc1CN1CCCN(CC2CC2)[C@@H](C(C)C)C1. The zero-order valence-electron chi connectivity index (χ0n) is 13.8. The maximum absolute atomic E-state index is 4.48. The molecule has 4 nitrogen and oxygen atoms in total. The molecular formula is C17H30N4. The van der Waals surface area contributed by atoms with E-state index in [2.05, 4.69) is 40.5 Å². The number of hydrogen-bond donors (Lipinski definition) is 1. The van der Waals surface area contributed by atoms with E-state index in [0.717, 1.165) is 18.4 Å². The van der Waals surface area contributed by atoms with Gasteiger partial charge in [0, 0.05) is 31.4 Å². The van der Waals surface area contributed by atoms with E-state index < -0.39 is 0 Å². The Morgan fingerprint density at radius 3 is 2.76 bits per heavy atom. The molecule has 1 saturated heterocycles. The van der Waals surface area contributed by atoms with Crippen LogP contribution < -0.4 is 0 Å². The molecule has 1 aliphatic carbocycles. The molecule has 1 N–H and O–H groups in total. The molecule has 0 bridgehead atoms. The van der Waals surface area contributed by atoms with Crippen molar-refractivity contribution in [2.24, 2.45) is 11.8 Å². The highest BCUT2D eigenvalue weighted by molar-refractivity contribution is 5.08. The van der Waals surface area contributed by atoms with Crippen molar-refractivity contribution >= 4 is 0 Å². The molecule has 1 saturated carbocycles. The van der Waals surface area contributed by atoms with E-state index in [1.165, 1.54) is 56.8 Å². The van der Waals surface area contributed by atoms with Crippen LogP contribution >= 0.6 is 0 Å². The number of aryl methyl sites for hydroxylation is 1. The van der Waals surface area contributed by atoms with Gasteiger partial charge in [-0.2, -0.15) is 0 Å². The zero-order chi connectivity index (χ0) is 14.8. The van der Waals surface area contributed by atoms with Crippen molar-refractivity contribution in [1.82, 2.24) is 19.8 Å². The lowest BCUT2D eigenvalue weighted by atomic mass is 10.0. The molecular weight excluding hydrogens is 260 g/mol. The van der Waals surface area contributed by atoms with Crippen LogP contribution in [0.2, 0.25) is 0 Å². The van der Waals surface area contributed by atoms with E-state index in [4.69, 9.17) is 0 Å². The highest BCUT2D eigenvalue weighted by Crippen LogP contribution is 2.32. The summed E-state index contributed by atoms with van der Waals surface area (Å²) >= 11 is 0. The molecule has 118 valence electrons. The number of hydrogen-bond acceptors (Lipinski definition) is 3. The van der Waals surface area contributed by atoms with E-state index in [9.17, 15) is 0 Å². The van der Waals surface area contributed by atoms with Crippen LogP contribution in [0, 0.1) is 18.8 Å². The molecule has 2 aliphatic rings. The fraction of sp³-hybridized carbons (Fsp3) is 0.824. The van der Waals surface area contributed by atoms with Gasteiger partial charge in [0.05, 0.1) is 12.0 Å². The third-order valence-corrected chi connectivity index (χ3v) is 5.10. The van der Waals surface area contributed by atoms with E-state index >= 15 is 0 Å². The second kappa shape index (κ2) is 6.49. The highest BCUT2D eigenvalue weighted by Gasteiger charge is 2.32. The molecule has 0 aromatic carbocycles. The summed E-state index contributed by atoms with van der Waals surface area (Å²) < 4.78 is 0. The van der Waals surface area contributed by atoms with Crippen LogP contribution in [-0.4, -0.2) is 52.0 Å². The van der Waals surface area contributed by atoms with Crippen LogP contribution in [0.4, 0.5) is 0 Å². The predicted molar refractivity (Wildman–Crippen MR) is 86.1 cm³/mol. The standard InChI is InChI=1S/C17H30N4/c1-13(2)17-11-20(10-16-14(3)18-12-19-16)7-4-8-21(17)9-15-5-6-15/h12-13,15,17H,4-11H2,1-3H3,(H,18,19)/t17-/m1/s1. The van der Waals surface area contributed by atoms with Gasteiger partial charge in [0.15, 0.2) is 0 Å². The van der Waals surface area contributed by atoms with Gasteiger partial charge < -0.3 is 4.98 Å². The third-order valence-electron chi connectivity index (χ3n) is 5.10. The lowest BCUT2D eigenvalue weighted by Gasteiger charge is -2.34. The van der Waals surface area contributed by atoms with E-state index in [1.54, 1.807) is 0 Å². The topological polar surface area (TPSA) is 35.2 Å². The van der Waals surface area contributed by atoms with Gasteiger partial charge in [-0.15, -0.1) is 0 Å². The molecule has 1 aromatic heterocycles. The van der Waals surface area contributed by atoms with Crippen LogP contribution in [0.3, 0.4) is 0 Å². The van der Waals surface area contributed by atoms with Crippen molar-refractivity contribution < 1.29 is 0 Å². The average molecular weight is 290 g/mol. The Labute approximate surface area is 128 Å².